The summed E-state index contributed by atoms with van der Waals surface area (Å²) >= 11 is 0. The van der Waals surface area contributed by atoms with Crippen LogP contribution in [-0.2, 0) is 0 Å². The lowest BCUT2D eigenvalue weighted by molar-refractivity contribution is 0.113. The average Bonchev–Trinajstić information content (AvgIpc) is 3.03. The lowest BCUT2D eigenvalue weighted by atomic mass is 9.72. The van der Waals surface area contributed by atoms with Gasteiger partial charge >= 0.3 is 0 Å². The highest BCUT2D eigenvalue weighted by atomic mass is 15.2. The van der Waals surface area contributed by atoms with Gasteiger partial charge in [0, 0.05) is 47.3 Å². The number of hydrogen-bond acceptors (Lipinski definition) is 14. The van der Waals surface area contributed by atoms with E-state index in [1.807, 2.05) is 0 Å². The van der Waals surface area contributed by atoms with E-state index in [-0.39, 0.29) is 34.2 Å². The Bertz CT molecular complexity index is 1270. The molecule has 4 heterocycles. The van der Waals surface area contributed by atoms with Gasteiger partial charge in [-0.05, 0) is 160 Å². The van der Waals surface area contributed by atoms with Gasteiger partial charge in [-0.25, -0.2) is 19.9 Å². The van der Waals surface area contributed by atoms with Gasteiger partial charge in [0.25, 0.3) is 0 Å². The van der Waals surface area contributed by atoms with Crippen LogP contribution in [-0.4, -0.2) is 128 Å². The maximum absolute atomic E-state index is 4.76. The minimum atomic E-state index is 0.0814. The summed E-state index contributed by atoms with van der Waals surface area (Å²) in [6.45, 7) is 22.2. The van der Waals surface area contributed by atoms with Crippen LogP contribution in [0.25, 0.3) is 0 Å². The molecule has 2 aromatic heterocycles. The number of aromatic nitrogens is 6. The highest BCUT2D eigenvalue weighted by Gasteiger charge is 2.42. The topological polar surface area (TPSA) is 156 Å². The standard InChI is InChI=1S/C40H76N14/c1-37(2)23-29(24-38(3,4)51-37)31(17-21-53(9)10)47-35-45-27-43-33(49-35)41-19-15-13-14-16-20-42-34-44-28-46-36(50-34)48-32(18-22-54(11)12)30-25-39(5,6)52-40(7,8)26-30/h27-32,51-52H,13-26H2,1-12H3,(H2,41,43,45,47,49)(H2,42,44,46,48,50). The van der Waals surface area contributed by atoms with Crippen LogP contribution < -0.4 is 31.9 Å². The van der Waals surface area contributed by atoms with Crippen molar-refractivity contribution in [1.29, 1.82) is 0 Å². The zero-order valence-corrected chi connectivity index (χ0v) is 35.9. The van der Waals surface area contributed by atoms with Crippen molar-refractivity contribution < 1.29 is 0 Å². The molecule has 4 rings (SSSR count). The monoisotopic (exact) mass is 753 g/mol. The summed E-state index contributed by atoms with van der Waals surface area (Å²) in [6.07, 6.45) is 14.0. The lowest BCUT2D eigenvalue weighted by Gasteiger charge is -2.49. The molecule has 2 saturated heterocycles. The first kappa shape index (κ1) is 43.8. The Morgan fingerprint density at radius 1 is 0.556 bits per heavy atom. The Labute approximate surface area is 327 Å². The van der Waals surface area contributed by atoms with Gasteiger partial charge < -0.3 is 41.7 Å². The van der Waals surface area contributed by atoms with Crippen molar-refractivity contribution in [3.63, 3.8) is 0 Å². The fourth-order valence-electron chi connectivity index (χ4n) is 9.26. The van der Waals surface area contributed by atoms with Crippen LogP contribution in [0.5, 0.6) is 0 Å². The van der Waals surface area contributed by atoms with Crippen molar-refractivity contribution in [3.05, 3.63) is 12.7 Å². The van der Waals surface area contributed by atoms with Gasteiger partial charge in [0.2, 0.25) is 23.8 Å². The van der Waals surface area contributed by atoms with Crippen LogP contribution in [0.4, 0.5) is 23.8 Å². The average molecular weight is 753 g/mol. The summed E-state index contributed by atoms with van der Waals surface area (Å²) in [5.74, 6) is 3.58. The molecule has 2 aliphatic heterocycles. The number of rotatable bonds is 21. The third kappa shape index (κ3) is 15.3. The van der Waals surface area contributed by atoms with Gasteiger partial charge in [-0.15, -0.1) is 0 Å². The van der Waals surface area contributed by atoms with Crippen molar-refractivity contribution in [3.8, 4) is 0 Å². The third-order valence-corrected chi connectivity index (χ3v) is 10.8. The van der Waals surface area contributed by atoms with Crippen LogP contribution in [0, 0.1) is 11.8 Å². The molecule has 2 atom stereocenters. The summed E-state index contributed by atoms with van der Waals surface area (Å²) < 4.78 is 0. The molecule has 2 unspecified atom stereocenters. The largest absolute Gasteiger partial charge is 0.354 e. The van der Waals surface area contributed by atoms with Crippen molar-refractivity contribution in [1.82, 2.24) is 50.3 Å². The number of anilines is 4. The fraction of sp³-hybridized carbons (Fsp3) is 0.850. The molecule has 0 bridgehead atoms. The predicted octanol–water partition coefficient (Wildman–Crippen LogP) is 5.72. The number of piperidine rings is 2. The summed E-state index contributed by atoms with van der Waals surface area (Å²) in [7, 11) is 8.55. The molecule has 0 radical (unpaired) electrons. The maximum Gasteiger partial charge on any atom is 0.227 e. The molecule has 306 valence electrons. The molecule has 0 amide bonds. The molecular formula is C40H76N14. The van der Waals surface area contributed by atoms with E-state index < -0.39 is 0 Å². The zero-order chi connectivity index (χ0) is 39.6. The molecule has 0 aliphatic carbocycles. The Kier molecular flexibility index (Phi) is 15.6. The molecule has 14 nitrogen and oxygen atoms in total. The second kappa shape index (κ2) is 19.3. The highest BCUT2D eigenvalue weighted by Crippen LogP contribution is 2.37. The summed E-state index contributed by atoms with van der Waals surface area (Å²) in [4.78, 5) is 31.9. The van der Waals surface area contributed by atoms with E-state index in [9.17, 15) is 0 Å². The van der Waals surface area contributed by atoms with Gasteiger partial charge in [-0.2, -0.15) is 9.97 Å². The van der Waals surface area contributed by atoms with Crippen LogP contribution in [0.1, 0.15) is 120 Å². The van der Waals surface area contributed by atoms with Gasteiger partial charge in [0.15, 0.2) is 0 Å². The Hall–Kier alpha value is -2.94. The number of hydrogen-bond donors (Lipinski definition) is 6. The van der Waals surface area contributed by atoms with Crippen molar-refractivity contribution in [2.75, 3.05) is 75.6 Å². The summed E-state index contributed by atoms with van der Waals surface area (Å²) in [6, 6.07) is 0.559. The molecule has 2 aliphatic rings. The minimum Gasteiger partial charge on any atom is -0.354 e. The molecule has 0 aromatic carbocycles. The van der Waals surface area contributed by atoms with Gasteiger partial charge in [0.1, 0.15) is 12.7 Å². The van der Waals surface area contributed by atoms with E-state index in [0.29, 0.717) is 35.6 Å². The fourth-order valence-corrected chi connectivity index (χ4v) is 9.26. The molecule has 54 heavy (non-hydrogen) atoms. The van der Waals surface area contributed by atoms with Crippen molar-refractivity contribution in [2.24, 2.45) is 11.8 Å². The van der Waals surface area contributed by atoms with E-state index in [4.69, 9.17) is 9.97 Å². The first-order valence-corrected chi connectivity index (χ1v) is 20.6. The first-order valence-electron chi connectivity index (χ1n) is 20.6. The van der Waals surface area contributed by atoms with E-state index >= 15 is 0 Å². The van der Waals surface area contributed by atoms with Crippen LogP contribution in [0.15, 0.2) is 12.7 Å². The SMILES string of the molecule is CN(C)CCC(Nc1ncnc(NCCCCCCNc2ncnc(NC(CCN(C)C)C3CC(C)(C)NC(C)(C)C3)n2)n1)C1CC(C)(C)NC(C)(C)C1. The van der Waals surface area contributed by atoms with E-state index in [2.05, 4.69) is 145 Å². The molecule has 6 N–H and O–H groups in total. The van der Waals surface area contributed by atoms with Crippen LogP contribution in [0.3, 0.4) is 0 Å². The van der Waals surface area contributed by atoms with E-state index in [1.54, 1.807) is 12.7 Å². The number of nitrogens with zero attached hydrogens (tertiary/aromatic N) is 8. The zero-order valence-electron chi connectivity index (χ0n) is 35.9. The molecule has 2 fully saturated rings. The molecule has 0 saturated carbocycles. The predicted molar refractivity (Wildman–Crippen MR) is 224 cm³/mol. The van der Waals surface area contributed by atoms with Gasteiger partial charge in [-0.3, -0.25) is 0 Å². The Morgan fingerprint density at radius 3 is 1.22 bits per heavy atom. The van der Waals surface area contributed by atoms with Gasteiger partial charge in [-0.1, -0.05) is 12.8 Å². The van der Waals surface area contributed by atoms with E-state index in [0.717, 1.165) is 90.4 Å². The smallest absolute Gasteiger partial charge is 0.227 e. The highest BCUT2D eigenvalue weighted by molar-refractivity contribution is 5.35. The van der Waals surface area contributed by atoms with Crippen molar-refractivity contribution >= 4 is 23.8 Å². The minimum absolute atomic E-state index is 0.0814. The third-order valence-electron chi connectivity index (χ3n) is 10.8. The Balaban J connectivity index is 1.20. The van der Waals surface area contributed by atoms with E-state index in [1.165, 1.54) is 0 Å². The quantitative estimate of drug-likeness (QED) is 0.0862. The van der Waals surface area contributed by atoms with Crippen LogP contribution in [0.2, 0.25) is 0 Å². The van der Waals surface area contributed by atoms with Crippen LogP contribution >= 0.6 is 0 Å². The lowest BCUT2D eigenvalue weighted by Crippen LogP contribution is -2.60. The summed E-state index contributed by atoms with van der Waals surface area (Å²) in [5, 5.41) is 21.9. The molecular weight excluding hydrogens is 677 g/mol. The molecule has 2 aromatic rings. The normalized spacial score (nSPS) is 20.8. The molecule has 14 heteroatoms. The Morgan fingerprint density at radius 2 is 0.889 bits per heavy atom. The van der Waals surface area contributed by atoms with Gasteiger partial charge in [0.05, 0.1) is 0 Å². The number of nitrogens with one attached hydrogen (secondary N) is 6. The first-order chi connectivity index (χ1) is 25.3. The second-order valence-electron chi connectivity index (χ2n) is 19.3. The number of unbranched alkanes of at least 4 members (excludes halogenated alkanes) is 3. The second-order valence-corrected chi connectivity index (χ2v) is 19.3. The maximum atomic E-state index is 4.76. The van der Waals surface area contributed by atoms with Crippen molar-refractivity contribution in [2.45, 2.75) is 154 Å². The molecule has 0 spiro atoms. The summed E-state index contributed by atoms with van der Waals surface area (Å²) in [5.41, 5.74) is 0.326.